The van der Waals surface area contributed by atoms with Gasteiger partial charge in [0.1, 0.15) is 0 Å². The van der Waals surface area contributed by atoms with Gasteiger partial charge < -0.3 is 11.1 Å². The van der Waals surface area contributed by atoms with Crippen molar-refractivity contribution in [1.29, 1.82) is 0 Å². The molecule has 2 heteroatoms. The van der Waals surface area contributed by atoms with Crippen molar-refractivity contribution in [3.05, 3.63) is 65.2 Å². The Morgan fingerprint density at radius 3 is 2.61 bits per heavy atom. The highest BCUT2D eigenvalue weighted by Crippen LogP contribution is 2.35. The summed E-state index contributed by atoms with van der Waals surface area (Å²) in [5.41, 5.74) is 11.0. The molecule has 3 rings (SSSR count). The molecule has 0 saturated heterocycles. The minimum absolute atomic E-state index is 0.387. The van der Waals surface area contributed by atoms with Crippen LogP contribution in [0.4, 0.5) is 5.69 Å². The zero-order valence-electron chi connectivity index (χ0n) is 10.6. The fourth-order valence-corrected chi connectivity index (χ4v) is 2.90. The number of hydrogen-bond donors (Lipinski definition) is 2. The molecule has 2 atom stereocenters. The van der Waals surface area contributed by atoms with Crippen LogP contribution in [0.2, 0.25) is 0 Å². The molecule has 1 aliphatic rings. The van der Waals surface area contributed by atoms with E-state index >= 15 is 0 Å². The Morgan fingerprint density at radius 2 is 1.83 bits per heavy atom. The number of nitrogens with one attached hydrogen (secondary N) is 1. The molecule has 0 amide bonds. The van der Waals surface area contributed by atoms with Gasteiger partial charge in [0.2, 0.25) is 0 Å². The number of fused-ring (bicyclic) bond motifs is 1. The molecule has 18 heavy (non-hydrogen) atoms. The lowest BCUT2D eigenvalue weighted by Gasteiger charge is -2.33. The van der Waals surface area contributed by atoms with Gasteiger partial charge in [-0.05, 0) is 29.7 Å². The zero-order chi connectivity index (χ0) is 12.5. The second-order valence-corrected chi connectivity index (χ2v) is 4.97. The number of anilines is 1. The lowest BCUT2D eigenvalue weighted by molar-refractivity contribution is 0.467. The quantitative estimate of drug-likeness (QED) is 0.750. The molecule has 92 valence electrons. The molecule has 0 aliphatic carbocycles. The minimum Gasteiger partial charge on any atom is -0.398 e. The third kappa shape index (κ3) is 1.79. The monoisotopic (exact) mass is 238 g/mol. The van der Waals surface area contributed by atoms with Gasteiger partial charge in [-0.2, -0.15) is 0 Å². The third-order valence-corrected chi connectivity index (χ3v) is 3.84. The fraction of sp³-hybridized carbons (Fsp3) is 0.250. The van der Waals surface area contributed by atoms with E-state index in [1.54, 1.807) is 0 Å². The molecule has 0 bridgehead atoms. The van der Waals surface area contributed by atoms with Crippen LogP contribution >= 0.6 is 0 Å². The molecule has 2 unspecified atom stereocenters. The van der Waals surface area contributed by atoms with Gasteiger partial charge in [0.25, 0.3) is 0 Å². The molecule has 1 aliphatic heterocycles. The van der Waals surface area contributed by atoms with Crippen molar-refractivity contribution >= 4 is 5.69 Å². The van der Waals surface area contributed by atoms with E-state index in [9.17, 15) is 0 Å². The first kappa shape index (κ1) is 11.3. The Labute approximate surface area is 108 Å². The van der Waals surface area contributed by atoms with Crippen LogP contribution in [-0.4, -0.2) is 6.04 Å². The maximum absolute atomic E-state index is 6.09. The molecule has 0 saturated carbocycles. The van der Waals surface area contributed by atoms with Crippen molar-refractivity contribution in [2.24, 2.45) is 0 Å². The molecule has 1 heterocycles. The van der Waals surface area contributed by atoms with Crippen molar-refractivity contribution in [1.82, 2.24) is 5.32 Å². The van der Waals surface area contributed by atoms with E-state index in [1.165, 1.54) is 16.7 Å². The average Bonchev–Trinajstić information content (AvgIpc) is 2.40. The summed E-state index contributed by atoms with van der Waals surface area (Å²) in [5, 5.41) is 3.55. The Hall–Kier alpha value is -1.80. The predicted molar refractivity (Wildman–Crippen MR) is 75.4 cm³/mol. The van der Waals surface area contributed by atoms with E-state index < -0.39 is 0 Å². The topological polar surface area (TPSA) is 38.0 Å². The zero-order valence-corrected chi connectivity index (χ0v) is 10.6. The summed E-state index contributed by atoms with van der Waals surface area (Å²) < 4.78 is 0. The molecule has 0 spiro atoms. The fourth-order valence-electron chi connectivity index (χ4n) is 2.90. The van der Waals surface area contributed by atoms with Crippen LogP contribution in [0.3, 0.4) is 0 Å². The highest BCUT2D eigenvalue weighted by atomic mass is 14.9. The smallest absolute Gasteiger partial charge is 0.0362 e. The van der Waals surface area contributed by atoms with E-state index in [0.717, 1.165) is 12.2 Å². The van der Waals surface area contributed by atoms with E-state index in [1.807, 2.05) is 6.07 Å². The SMILES string of the molecule is CC1NCc2c(N)cccc2C1c1ccccc1. The first-order valence-electron chi connectivity index (χ1n) is 6.43. The van der Waals surface area contributed by atoms with Gasteiger partial charge in [0.15, 0.2) is 0 Å². The molecule has 0 aromatic heterocycles. The van der Waals surface area contributed by atoms with E-state index in [4.69, 9.17) is 5.73 Å². The van der Waals surface area contributed by atoms with Gasteiger partial charge in [-0.15, -0.1) is 0 Å². The average molecular weight is 238 g/mol. The van der Waals surface area contributed by atoms with Crippen molar-refractivity contribution in [3.8, 4) is 0 Å². The summed E-state index contributed by atoms with van der Waals surface area (Å²) in [6.07, 6.45) is 0. The minimum atomic E-state index is 0.387. The van der Waals surface area contributed by atoms with E-state index in [2.05, 4.69) is 54.7 Å². The van der Waals surface area contributed by atoms with Gasteiger partial charge >= 0.3 is 0 Å². The van der Waals surface area contributed by atoms with Crippen LogP contribution in [0.5, 0.6) is 0 Å². The van der Waals surface area contributed by atoms with Crippen LogP contribution < -0.4 is 11.1 Å². The molecule has 0 radical (unpaired) electrons. The van der Waals surface area contributed by atoms with E-state index in [-0.39, 0.29) is 0 Å². The molecule has 3 N–H and O–H groups in total. The Balaban J connectivity index is 2.13. The molecule has 2 aromatic carbocycles. The number of nitrogens with two attached hydrogens (primary N) is 1. The highest BCUT2D eigenvalue weighted by molar-refractivity contribution is 5.55. The summed E-state index contributed by atoms with van der Waals surface area (Å²) in [5.74, 6) is 0.387. The van der Waals surface area contributed by atoms with Crippen LogP contribution in [-0.2, 0) is 6.54 Å². The lowest BCUT2D eigenvalue weighted by Crippen LogP contribution is -2.37. The van der Waals surface area contributed by atoms with Crippen molar-refractivity contribution in [3.63, 3.8) is 0 Å². The van der Waals surface area contributed by atoms with Gasteiger partial charge in [0, 0.05) is 24.2 Å². The summed E-state index contributed by atoms with van der Waals surface area (Å²) in [4.78, 5) is 0. The summed E-state index contributed by atoms with van der Waals surface area (Å²) in [6, 6.07) is 17.3. The highest BCUT2D eigenvalue weighted by Gasteiger charge is 2.28. The lowest BCUT2D eigenvalue weighted by atomic mass is 9.80. The Morgan fingerprint density at radius 1 is 1.06 bits per heavy atom. The second-order valence-electron chi connectivity index (χ2n) is 4.97. The number of nitrogen functional groups attached to an aromatic ring is 1. The number of rotatable bonds is 1. The number of benzene rings is 2. The molecular weight excluding hydrogens is 220 g/mol. The first-order valence-corrected chi connectivity index (χ1v) is 6.43. The van der Waals surface area contributed by atoms with Gasteiger partial charge in [-0.3, -0.25) is 0 Å². The van der Waals surface area contributed by atoms with Crippen LogP contribution in [0, 0.1) is 0 Å². The normalized spacial score (nSPS) is 22.5. The first-order chi connectivity index (χ1) is 8.77. The molecule has 2 nitrogen and oxygen atoms in total. The molecule has 0 fully saturated rings. The standard InChI is InChI=1S/C16H18N2/c1-11-16(12-6-3-2-4-7-12)13-8-5-9-15(17)14(13)10-18-11/h2-9,11,16,18H,10,17H2,1H3. The maximum atomic E-state index is 6.09. The van der Waals surface area contributed by atoms with Crippen molar-refractivity contribution in [2.45, 2.75) is 25.4 Å². The molecule has 2 aromatic rings. The van der Waals surface area contributed by atoms with E-state index in [0.29, 0.717) is 12.0 Å². The Kier molecular flexibility index (Phi) is 2.80. The predicted octanol–water partition coefficient (Wildman–Crippen LogP) is 2.89. The van der Waals surface area contributed by atoms with Gasteiger partial charge in [0.05, 0.1) is 0 Å². The van der Waals surface area contributed by atoms with Crippen molar-refractivity contribution < 1.29 is 0 Å². The molecular formula is C16H18N2. The maximum Gasteiger partial charge on any atom is 0.0362 e. The summed E-state index contributed by atoms with van der Waals surface area (Å²) in [7, 11) is 0. The van der Waals surface area contributed by atoms with Gasteiger partial charge in [-0.1, -0.05) is 42.5 Å². The van der Waals surface area contributed by atoms with Crippen molar-refractivity contribution in [2.75, 3.05) is 5.73 Å². The third-order valence-electron chi connectivity index (χ3n) is 3.84. The van der Waals surface area contributed by atoms with Crippen LogP contribution in [0.1, 0.15) is 29.5 Å². The van der Waals surface area contributed by atoms with Crippen LogP contribution in [0.15, 0.2) is 48.5 Å². The largest absolute Gasteiger partial charge is 0.398 e. The summed E-state index contributed by atoms with van der Waals surface area (Å²) in [6.45, 7) is 3.11. The van der Waals surface area contributed by atoms with Gasteiger partial charge in [-0.25, -0.2) is 0 Å². The second kappa shape index (κ2) is 4.46. The Bertz CT molecular complexity index is 548. The number of hydrogen-bond acceptors (Lipinski definition) is 2. The van der Waals surface area contributed by atoms with Crippen LogP contribution in [0.25, 0.3) is 0 Å². The summed E-state index contributed by atoms with van der Waals surface area (Å²) >= 11 is 0.